The zero-order valence-electron chi connectivity index (χ0n) is 10.2. The van der Waals surface area contributed by atoms with Crippen molar-refractivity contribution in [2.75, 3.05) is 6.54 Å². The van der Waals surface area contributed by atoms with Gasteiger partial charge in [-0.15, -0.1) is 31.4 Å². The molecule has 0 bridgehead atoms. The summed E-state index contributed by atoms with van der Waals surface area (Å²) in [5.41, 5.74) is 5.65. The van der Waals surface area contributed by atoms with Crippen molar-refractivity contribution in [2.24, 2.45) is 5.73 Å². The summed E-state index contributed by atoms with van der Waals surface area (Å²) >= 11 is 0. The zero-order valence-corrected chi connectivity index (χ0v) is 11.9. The molecule has 0 unspecified atom stereocenters. The summed E-state index contributed by atoms with van der Waals surface area (Å²) in [7, 11) is 0. The summed E-state index contributed by atoms with van der Waals surface area (Å²) in [5.74, 6) is 0.143. The Balaban J connectivity index is 0. The molecule has 0 aromatic heterocycles. The Kier molecular flexibility index (Phi) is 10.9. The number of carbonyl (C=O) groups is 1. The standard InChI is InChI=1S/C12H22N2O.2ClH/c1-2-3-4-7-11(15)14-12(10-13)8-5-6-9-12;;/h2H,1,3-10,13H2,(H,14,15);2*1H. The summed E-state index contributed by atoms with van der Waals surface area (Å²) in [6.45, 7) is 4.21. The lowest BCUT2D eigenvalue weighted by Crippen LogP contribution is -2.51. The first-order chi connectivity index (χ1) is 7.22. The molecule has 1 fully saturated rings. The monoisotopic (exact) mass is 282 g/mol. The fourth-order valence-corrected chi connectivity index (χ4v) is 2.20. The molecule has 3 nitrogen and oxygen atoms in total. The van der Waals surface area contributed by atoms with E-state index in [1.165, 1.54) is 12.8 Å². The Morgan fingerprint density at radius 1 is 1.35 bits per heavy atom. The predicted molar refractivity (Wildman–Crippen MR) is 76.9 cm³/mol. The second-order valence-electron chi connectivity index (χ2n) is 4.42. The van der Waals surface area contributed by atoms with Gasteiger partial charge < -0.3 is 11.1 Å². The highest BCUT2D eigenvalue weighted by Crippen LogP contribution is 2.28. The van der Waals surface area contributed by atoms with Gasteiger partial charge in [0.05, 0.1) is 5.54 Å². The lowest BCUT2D eigenvalue weighted by Gasteiger charge is -2.28. The number of halogens is 2. The van der Waals surface area contributed by atoms with Crippen LogP contribution in [0, 0.1) is 0 Å². The van der Waals surface area contributed by atoms with E-state index in [1.807, 2.05) is 6.08 Å². The van der Waals surface area contributed by atoms with Gasteiger partial charge in [-0.3, -0.25) is 4.79 Å². The van der Waals surface area contributed by atoms with Crippen molar-refractivity contribution in [1.82, 2.24) is 5.32 Å². The van der Waals surface area contributed by atoms with Gasteiger partial charge in [0.1, 0.15) is 0 Å². The van der Waals surface area contributed by atoms with Crippen molar-refractivity contribution in [3.05, 3.63) is 12.7 Å². The molecule has 1 saturated carbocycles. The van der Waals surface area contributed by atoms with Crippen LogP contribution in [-0.2, 0) is 4.79 Å². The molecular formula is C12H24Cl2N2O. The fraction of sp³-hybridized carbons (Fsp3) is 0.750. The summed E-state index contributed by atoms with van der Waals surface area (Å²) in [4.78, 5) is 11.6. The first-order valence-corrected chi connectivity index (χ1v) is 5.84. The van der Waals surface area contributed by atoms with Gasteiger partial charge in [0, 0.05) is 13.0 Å². The minimum atomic E-state index is -0.0920. The Hall–Kier alpha value is -0.250. The van der Waals surface area contributed by atoms with Gasteiger partial charge in [0.25, 0.3) is 0 Å². The normalized spacial score (nSPS) is 16.5. The molecule has 102 valence electrons. The second-order valence-corrected chi connectivity index (χ2v) is 4.42. The number of nitrogens with two attached hydrogens (primary N) is 1. The highest BCUT2D eigenvalue weighted by atomic mass is 35.5. The molecule has 0 atom stereocenters. The SMILES string of the molecule is C=CCCCC(=O)NC1(CN)CCCC1.Cl.Cl. The van der Waals surface area contributed by atoms with Crippen LogP contribution in [0.3, 0.4) is 0 Å². The van der Waals surface area contributed by atoms with E-state index < -0.39 is 0 Å². The van der Waals surface area contributed by atoms with E-state index in [9.17, 15) is 4.79 Å². The summed E-state index contributed by atoms with van der Waals surface area (Å²) < 4.78 is 0. The van der Waals surface area contributed by atoms with Crippen LogP contribution in [0.5, 0.6) is 0 Å². The third-order valence-electron chi connectivity index (χ3n) is 3.17. The molecule has 1 aliphatic carbocycles. The fourth-order valence-electron chi connectivity index (χ4n) is 2.20. The maximum absolute atomic E-state index is 11.6. The molecular weight excluding hydrogens is 259 g/mol. The number of hydrogen-bond donors (Lipinski definition) is 2. The predicted octanol–water partition coefficient (Wildman–Crippen LogP) is 2.57. The van der Waals surface area contributed by atoms with Gasteiger partial charge in [-0.2, -0.15) is 0 Å². The van der Waals surface area contributed by atoms with Gasteiger partial charge in [0.2, 0.25) is 5.91 Å². The molecule has 0 aliphatic heterocycles. The van der Waals surface area contributed by atoms with Gasteiger partial charge in [0.15, 0.2) is 0 Å². The van der Waals surface area contributed by atoms with Crippen LogP contribution >= 0.6 is 24.8 Å². The first-order valence-electron chi connectivity index (χ1n) is 5.84. The first kappa shape index (κ1) is 19.1. The molecule has 1 amide bonds. The van der Waals surface area contributed by atoms with E-state index in [0.717, 1.165) is 25.7 Å². The van der Waals surface area contributed by atoms with E-state index in [2.05, 4.69) is 11.9 Å². The van der Waals surface area contributed by atoms with Crippen molar-refractivity contribution >= 4 is 30.7 Å². The highest BCUT2D eigenvalue weighted by molar-refractivity contribution is 5.85. The second kappa shape index (κ2) is 9.75. The average Bonchev–Trinajstić information content (AvgIpc) is 2.67. The van der Waals surface area contributed by atoms with Gasteiger partial charge in [-0.05, 0) is 25.7 Å². The quantitative estimate of drug-likeness (QED) is 0.581. The molecule has 3 N–H and O–H groups in total. The van der Waals surface area contributed by atoms with Crippen LogP contribution in [0.25, 0.3) is 0 Å². The van der Waals surface area contributed by atoms with Crippen LogP contribution in [-0.4, -0.2) is 18.0 Å². The number of allylic oxidation sites excluding steroid dienone is 1. The van der Waals surface area contributed by atoms with Crippen LogP contribution < -0.4 is 11.1 Å². The molecule has 0 saturated heterocycles. The molecule has 5 heteroatoms. The van der Waals surface area contributed by atoms with E-state index in [1.54, 1.807) is 0 Å². The number of hydrogen-bond acceptors (Lipinski definition) is 2. The average molecular weight is 283 g/mol. The molecule has 1 aliphatic rings. The maximum Gasteiger partial charge on any atom is 0.220 e. The lowest BCUT2D eigenvalue weighted by molar-refractivity contribution is -0.123. The smallest absolute Gasteiger partial charge is 0.220 e. The third kappa shape index (κ3) is 6.29. The van der Waals surface area contributed by atoms with Gasteiger partial charge in [-0.1, -0.05) is 18.9 Å². The van der Waals surface area contributed by atoms with E-state index in [-0.39, 0.29) is 36.3 Å². The summed E-state index contributed by atoms with van der Waals surface area (Å²) in [6.07, 6.45) is 8.68. The van der Waals surface area contributed by atoms with Crippen molar-refractivity contribution in [1.29, 1.82) is 0 Å². The Bertz CT molecular complexity index is 229. The number of amides is 1. The van der Waals surface area contributed by atoms with Crippen molar-refractivity contribution in [3.63, 3.8) is 0 Å². The van der Waals surface area contributed by atoms with E-state index >= 15 is 0 Å². The topological polar surface area (TPSA) is 55.1 Å². The summed E-state index contributed by atoms with van der Waals surface area (Å²) in [5, 5.41) is 3.10. The minimum absolute atomic E-state index is 0. The molecule has 0 aromatic rings. The van der Waals surface area contributed by atoms with Crippen molar-refractivity contribution < 1.29 is 4.79 Å². The molecule has 17 heavy (non-hydrogen) atoms. The van der Waals surface area contributed by atoms with Crippen molar-refractivity contribution in [2.45, 2.75) is 50.5 Å². The largest absolute Gasteiger partial charge is 0.349 e. The maximum atomic E-state index is 11.6. The molecule has 0 spiro atoms. The van der Waals surface area contributed by atoms with Gasteiger partial charge >= 0.3 is 0 Å². The number of carbonyl (C=O) groups excluding carboxylic acids is 1. The van der Waals surface area contributed by atoms with Crippen molar-refractivity contribution in [3.8, 4) is 0 Å². The molecule has 0 heterocycles. The Morgan fingerprint density at radius 2 is 1.94 bits per heavy atom. The Labute approximate surface area is 116 Å². The third-order valence-corrected chi connectivity index (χ3v) is 3.17. The molecule has 1 rings (SSSR count). The highest BCUT2D eigenvalue weighted by Gasteiger charge is 2.33. The van der Waals surface area contributed by atoms with Crippen LogP contribution in [0.1, 0.15) is 44.9 Å². The lowest BCUT2D eigenvalue weighted by atomic mass is 9.97. The molecule has 0 aromatic carbocycles. The number of nitrogens with one attached hydrogen (secondary N) is 1. The van der Waals surface area contributed by atoms with Crippen LogP contribution in [0.4, 0.5) is 0 Å². The zero-order chi connectivity index (χ0) is 11.1. The number of unbranched alkanes of at least 4 members (excludes halogenated alkanes) is 1. The van der Waals surface area contributed by atoms with E-state index in [0.29, 0.717) is 13.0 Å². The van der Waals surface area contributed by atoms with Gasteiger partial charge in [-0.25, -0.2) is 0 Å². The van der Waals surface area contributed by atoms with Crippen LogP contribution in [0.15, 0.2) is 12.7 Å². The van der Waals surface area contributed by atoms with E-state index in [4.69, 9.17) is 5.73 Å². The minimum Gasteiger partial charge on any atom is -0.349 e. The van der Waals surface area contributed by atoms with Crippen LogP contribution in [0.2, 0.25) is 0 Å². The molecule has 0 radical (unpaired) electrons. The summed E-state index contributed by atoms with van der Waals surface area (Å²) in [6, 6.07) is 0. The Morgan fingerprint density at radius 3 is 2.41 bits per heavy atom. The number of rotatable bonds is 6.